The third-order valence-electron chi connectivity index (χ3n) is 3.75. The second-order valence-electron chi connectivity index (χ2n) is 5.16. The van der Waals surface area contributed by atoms with Crippen molar-refractivity contribution in [3.8, 4) is 0 Å². The van der Waals surface area contributed by atoms with E-state index in [0.29, 0.717) is 18.3 Å². The average molecular weight is 258 g/mol. The van der Waals surface area contributed by atoms with Gasteiger partial charge in [-0.05, 0) is 30.4 Å². The molecular formula is C15H18N2O2. The van der Waals surface area contributed by atoms with Crippen LogP contribution in [-0.4, -0.2) is 17.8 Å². The van der Waals surface area contributed by atoms with Gasteiger partial charge in [-0.15, -0.1) is 0 Å². The number of aromatic nitrogens is 1. The van der Waals surface area contributed by atoms with E-state index in [9.17, 15) is 4.79 Å². The Bertz CT molecular complexity index is 642. The molecular weight excluding hydrogens is 240 g/mol. The summed E-state index contributed by atoms with van der Waals surface area (Å²) in [5.41, 5.74) is 6.03. The number of hydrogen-bond acceptors (Lipinski definition) is 3. The Morgan fingerprint density at radius 1 is 1.37 bits per heavy atom. The zero-order chi connectivity index (χ0) is 13.2. The van der Waals surface area contributed by atoms with Gasteiger partial charge in [-0.1, -0.05) is 18.2 Å². The molecule has 2 N–H and O–H groups in total. The van der Waals surface area contributed by atoms with Gasteiger partial charge in [0.2, 0.25) is 0 Å². The lowest BCUT2D eigenvalue weighted by Crippen LogP contribution is -2.30. The zero-order valence-electron chi connectivity index (χ0n) is 10.8. The number of rotatable bonds is 2. The van der Waals surface area contributed by atoms with Gasteiger partial charge in [0.15, 0.2) is 0 Å². The summed E-state index contributed by atoms with van der Waals surface area (Å²) in [6, 6.07) is 9.45. The number of pyridine rings is 1. The summed E-state index contributed by atoms with van der Waals surface area (Å²) in [7, 11) is 0. The molecule has 4 heteroatoms. The molecule has 1 atom stereocenters. The molecule has 1 aliphatic rings. The number of nitrogens with two attached hydrogens (primary N) is 1. The number of hydrogen-bond donors (Lipinski definition) is 1. The number of fused-ring (bicyclic) bond motifs is 1. The number of nitrogens with zero attached hydrogens (tertiary/aromatic N) is 1. The highest BCUT2D eigenvalue weighted by Gasteiger charge is 2.17. The van der Waals surface area contributed by atoms with Crippen molar-refractivity contribution in [1.29, 1.82) is 0 Å². The Morgan fingerprint density at radius 3 is 3.00 bits per heavy atom. The number of ether oxygens (including phenoxy) is 1. The van der Waals surface area contributed by atoms with Crippen LogP contribution in [0.2, 0.25) is 0 Å². The Hall–Kier alpha value is -1.81. The van der Waals surface area contributed by atoms with Gasteiger partial charge in [-0.3, -0.25) is 9.36 Å². The maximum atomic E-state index is 12.5. The van der Waals surface area contributed by atoms with Gasteiger partial charge in [0.25, 0.3) is 5.56 Å². The molecule has 0 spiro atoms. The van der Waals surface area contributed by atoms with E-state index in [1.54, 1.807) is 4.57 Å². The Kier molecular flexibility index (Phi) is 3.25. The third kappa shape index (κ3) is 2.36. The van der Waals surface area contributed by atoms with Crippen molar-refractivity contribution in [1.82, 2.24) is 4.57 Å². The molecule has 1 aromatic carbocycles. The van der Waals surface area contributed by atoms with Crippen LogP contribution in [0.5, 0.6) is 0 Å². The minimum absolute atomic E-state index is 0.00109. The lowest BCUT2D eigenvalue weighted by molar-refractivity contribution is 0.0483. The van der Waals surface area contributed by atoms with Gasteiger partial charge < -0.3 is 10.5 Å². The van der Waals surface area contributed by atoms with E-state index in [2.05, 4.69) is 0 Å². The van der Waals surface area contributed by atoms with Crippen LogP contribution in [0.4, 0.5) is 5.82 Å². The summed E-state index contributed by atoms with van der Waals surface area (Å²) in [4.78, 5) is 12.5. The van der Waals surface area contributed by atoms with E-state index in [1.807, 2.05) is 30.3 Å². The molecule has 3 rings (SSSR count). The molecule has 1 fully saturated rings. The van der Waals surface area contributed by atoms with Crippen molar-refractivity contribution in [3.63, 3.8) is 0 Å². The minimum Gasteiger partial charge on any atom is -0.385 e. The smallest absolute Gasteiger partial charge is 0.259 e. The highest BCUT2D eigenvalue weighted by molar-refractivity contribution is 5.83. The normalized spacial score (nSPS) is 19.7. The fourth-order valence-electron chi connectivity index (χ4n) is 2.72. The first-order valence-electron chi connectivity index (χ1n) is 6.71. The first-order valence-corrected chi connectivity index (χ1v) is 6.71. The van der Waals surface area contributed by atoms with Crippen molar-refractivity contribution in [2.45, 2.75) is 19.4 Å². The maximum absolute atomic E-state index is 12.5. The SMILES string of the molecule is Nc1cc2ccccc2c(=O)n1CC1CCCOC1. The largest absolute Gasteiger partial charge is 0.385 e. The third-order valence-corrected chi connectivity index (χ3v) is 3.75. The maximum Gasteiger partial charge on any atom is 0.259 e. The lowest BCUT2D eigenvalue weighted by Gasteiger charge is -2.23. The van der Waals surface area contributed by atoms with Crippen molar-refractivity contribution in [2.75, 3.05) is 18.9 Å². The summed E-state index contributed by atoms with van der Waals surface area (Å²) in [6.07, 6.45) is 2.16. The summed E-state index contributed by atoms with van der Waals surface area (Å²) in [5.74, 6) is 0.921. The van der Waals surface area contributed by atoms with E-state index in [1.165, 1.54) is 0 Å². The molecule has 1 unspecified atom stereocenters. The fourth-order valence-corrected chi connectivity index (χ4v) is 2.72. The number of nitrogen functional groups attached to an aromatic ring is 1. The van der Waals surface area contributed by atoms with Gasteiger partial charge >= 0.3 is 0 Å². The Balaban J connectivity index is 2.00. The van der Waals surface area contributed by atoms with Gasteiger partial charge in [0.1, 0.15) is 5.82 Å². The van der Waals surface area contributed by atoms with Crippen LogP contribution in [0.15, 0.2) is 35.1 Å². The van der Waals surface area contributed by atoms with Gasteiger partial charge in [0.05, 0.1) is 6.61 Å². The molecule has 0 saturated carbocycles. The van der Waals surface area contributed by atoms with Crippen LogP contribution < -0.4 is 11.3 Å². The zero-order valence-corrected chi connectivity index (χ0v) is 10.8. The molecule has 100 valence electrons. The van der Waals surface area contributed by atoms with Gasteiger partial charge in [0, 0.05) is 24.5 Å². The van der Waals surface area contributed by atoms with Crippen LogP contribution in [0.25, 0.3) is 10.8 Å². The molecule has 0 bridgehead atoms. The van der Waals surface area contributed by atoms with Crippen LogP contribution in [0, 0.1) is 5.92 Å². The van der Waals surface area contributed by atoms with Crippen molar-refractivity contribution in [3.05, 3.63) is 40.7 Å². The number of anilines is 1. The topological polar surface area (TPSA) is 57.2 Å². The van der Waals surface area contributed by atoms with Crippen LogP contribution in [0.1, 0.15) is 12.8 Å². The van der Waals surface area contributed by atoms with E-state index in [0.717, 1.165) is 36.8 Å². The monoisotopic (exact) mass is 258 g/mol. The second-order valence-corrected chi connectivity index (χ2v) is 5.16. The summed E-state index contributed by atoms with van der Waals surface area (Å²) in [5, 5.41) is 1.63. The predicted molar refractivity (Wildman–Crippen MR) is 76.2 cm³/mol. The summed E-state index contributed by atoms with van der Waals surface area (Å²) in [6.45, 7) is 2.20. The number of benzene rings is 1. The van der Waals surface area contributed by atoms with Crippen molar-refractivity contribution >= 4 is 16.6 Å². The molecule has 0 radical (unpaired) electrons. The second kappa shape index (κ2) is 5.05. The molecule has 4 nitrogen and oxygen atoms in total. The van der Waals surface area contributed by atoms with Crippen LogP contribution >= 0.6 is 0 Å². The first-order chi connectivity index (χ1) is 9.25. The fraction of sp³-hybridized carbons (Fsp3) is 0.400. The minimum atomic E-state index is 0.00109. The molecule has 1 aliphatic heterocycles. The van der Waals surface area contributed by atoms with Crippen molar-refractivity contribution < 1.29 is 4.74 Å². The van der Waals surface area contributed by atoms with Crippen molar-refractivity contribution in [2.24, 2.45) is 5.92 Å². The highest BCUT2D eigenvalue weighted by Crippen LogP contribution is 2.18. The van der Waals surface area contributed by atoms with Gasteiger partial charge in [-0.2, -0.15) is 0 Å². The van der Waals surface area contributed by atoms with E-state index < -0.39 is 0 Å². The predicted octanol–water partition coefficient (Wildman–Crippen LogP) is 2.01. The highest BCUT2D eigenvalue weighted by atomic mass is 16.5. The molecule has 1 aromatic heterocycles. The molecule has 2 heterocycles. The van der Waals surface area contributed by atoms with Crippen LogP contribution in [-0.2, 0) is 11.3 Å². The van der Waals surface area contributed by atoms with Gasteiger partial charge in [-0.25, -0.2) is 0 Å². The lowest BCUT2D eigenvalue weighted by atomic mass is 10.0. The Morgan fingerprint density at radius 2 is 2.21 bits per heavy atom. The first kappa shape index (κ1) is 12.2. The standard InChI is InChI=1S/C15H18N2O2/c16-14-8-12-5-1-2-6-13(12)15(18)17(14)9-11-4-3-7-19-10-11/h1-2,5-6,8,11H,3-4,7,9-10,16H2. The average Bonchev–Trinajstić information content (AvgIpc) is 2.45. The molecule has 1 saturated heterocycles. The Labute approximate surface area is 111 Å². The molecule has 19 heavy (non-hydrogen) atoms. The van der Waals surface area contributed by atoms with Crippen LogP contribution in [0.3, 0.4) is 0 Å². The molecule has 0 amide bonds. The summed E-state index contributed by atoms with van der Waals surface area (Å²) < 4.78 is 7.15. The van der Waals surface area contributed by atoms with E-state index in [-0.39, 0.29) is 5.56 Å². The summed E-state index contributed by atoms with van der Waals surface area (Å²) >= 11 is 0. The molecule has 2 aromatic rings. The molecule has 0 aliphatic carbocycles. The quantitative estimate of drug-likeness (QED) is 0.896. The van der Waals surface area contributed by atoms with E-state index >= 15 is 0 Å². The van der Waals surface area contributed by atoms with E-state index in [4.69, 9.17) is 10.5 Å².